The molecule has 0 unspecified atom stereocenters. The smallest absolute Gasteiger partial charge is 0.0837 e. The van der Waals surface area contributed by atoms with Gasteiger partial charge < -0.3 is 0 Å². The zero-order chi connectivity index (χ0) is 8.27. The van der Waals surface area contributed by atoms with Gasteiger partial charge in [-0.25, -0.2) is 3.82 Å². The first-order valence-corrected chi connectivity index (χ1v) is 4.90. The molecule has 0 aromatic heterocycles. The number of hydrogen-bond acceptors (Lipinski definition) is 2. The second-order valence-electron chi connectivity index (χ2n) is 1.88. The quantitative estimate of drug-likeness (QED) is 0.539. The molecule has 0 aliphatic rings. The van der Waals surface area contributed by atoms with Crippen LogP contribution in [0.3, 0.4) is 0 Å². The number of hydrogen-bond donors (Lipinski definition) is 0. The molecule has 0 spiro atoms. The van der Waals surface area contributed by atoms with Crippen molar-refractivity contribution < 1.29 is 0 Å². The fourth-order valence-electron chi connectivity index (χ4n) is 0.693. The molecule has 0 aliphatic heterocycles. The fourth-order valence-corrected chi connectivity index (χ4v) is 1.51. The molecule has 0 bridgehead atoms. The summed E-state index contributed by atoms with van der Waals surface area (Å²) in [6, 6.07) is 7.44. The maximum absolute atomic E-state index is 5.86. The number of halogens is 2. The number of para-hydroxylation sites is 1. The number of benzene rings is 1. The largest absolute Gasteiger partial charge is 0.226 e. The molecular weight excluding hydrogens is 201 g/mol. The molecule has 0 aliphatic carbocycles. The Kier molecular flexibility index (Phi) is 3.37. The van der Waals surface area contributed by atoms with E-state index in [-0.39, 0.29) is 0 Å². The minimum atomic E-state index is 0.664. The normalized spacial score (nSPS) is 9.73. The van der Waals surface area contributed by atoms with Crippen molar-refractivity contribution in [1.29, 1.82) is 0 Å². The first-order valence-electron chi connectivity index (χ1n) is 3.00. The van der Waals surface area contributed by atoms with Crippen LogP contribution >= 0.6 is 35.3 Å². The first kappa shape index (κ1) is 9.04. The van der Waals surface area contributed by atoms with Crippen LogP contribution in [0.4, 0.5) is 5.69 Å². The van der Waals surface area contributed by atoms with E-state index >= 15 is 0 Å². The molecular formula is C7H7Cl2NS. The summed E-state index contributed by atoms with van der Waals surface area (Å²) in [4.78, 5) is 0. The summed E-state index contributed by atoms with van der Waals surface area (Å²) in [5.74, 6) is 0. The maximum Gasteiger partial charge on any atom is 0.0837 e. The maximum atomic E-state index is 5.86. The molecule has 4 heteroatoms. The standard InChI is InChI=1S/C7H7Cl2NS/c1-11-10(9)7-5-3-2-4-6(7)8/h2-5H,1H3. The van der Waals surface area contributed by atoms with Crippen LogP contribution in [0.5, 0.6) is 0 Å². The fraction of sp³-hybridized carbons (Fsp3) is 0.143. The predicted molar refractivity (Wildman–Crippen MR) is 53.3 cm³/mol. The second kappa shape index (κ2) is 4.10. The SMILES string of the molecule is CSN(Cl)c1ccccc1Cl. The zero-order valence-corrected chi connectivity index (χ0v) is 8.25. The minimum absolute atomic E-state index is 0.664. The first-order chi connectivity index (χ1) is 5.25. The van der Waals surface area contributed by atoms with Crippen LogP contribution in [-0.4, -0.2) is 6.26 Å². The van der Waals surface area contributed by atoms with Gasteiger partial charge in [-0.15, -0.1) is 0 Å². The third-order valence-corrected chi connectivity index (χ3v) is 2.64. The van der Waals surface area contributed by atoms with Gasteiger partial charge in [0.05, 0.1) is 10.7 Å². The van der Waals surface area contributed by atoms with Crippen molar-refractivity contribution in [2.45, 2.75) is 0 Å². The summed E-state index contributed by atoms with van der Waals surface area (Å²) < 4.78 is 1.50. The van der Waals surface area contributed by atoms with E-state index in [1.165, 1.54) is 15.8 Å². The zero-order valence-electron chi connectivity index (χ0n) is 5.92. The Balaban J connectivity index is 2.93. The van der Waals surface area contributed by atoms with Gasteiger partial charge in [-0.05, 0) is 24.1 Å². The lowest BCUT2D eigenvalue weighted by Gasteiger charge is -2.12. The van der Waals surface area contributed by atoms with Crippen molar-refractivity contribution in [1.82, 2.24) is 0 Å². The third kappa shape index (κ3) is 2.19. The van der Waals surface area contributed by atoms with Crippen LogP contribution in [0.1, 0.15) is 0 Å². The molecule has 0 fully saturated rings. The molecule has 0 atom stereocenters. The average Bonchev–Trinajstić information content (AvgIpc) is 2.04. The van der Waals surface area contributed by atoms with Gasteiger partial charge in [0.15, 0.2) is 0 Å². The van der Waals surface area contributed by atoms with Crippen LogP contribution in [0, 0.1) is 0 Å². The monoisotopic (exact) mass is 207 g/mol. The van der Waals surface area contributed by atoms with Crippen molar-refractivity contribution in [3.63, 3.8) is 0 Å². The molecule has 1 aromatic rings. The van der Waals surface area contributed by atoms with Gasteiger partial charge in [-0.1, -0.05) is 23.7 Å². The Morgan fingerprint density at radius 2 is 2.00 bits per heavy atom. The van der Waals surface area contributed by atoms with Crippen molar-refractivity contribution in [2.24, 2.45) is 0 Å². The van der Waals surface area contributed by atoms with Crippen LogP contribution in [0.2, 0.25) is 5.02 Å². The van der Waals surface area contributed by atoms with Gasteiger partial charge in [-0.2, -0.15) is 0 Å². The number of rotatable bonds is 2. The average molecular weight is 208 g/mol. The van der Waals surface area contributed by atoms with Gasteiger partial charge in [0.1, 0.15) is 0 Å². The molecule has 60 valence electrons. The highest BCUT2D eigenvalue weighted by Gasteiger charge is 2.04. The molecule has 0 heterocycles. The summed E-state index contributed by atoms with van der Waals surface area (Å²) in [7, 11) is 0. The van der Waals surface area contributed by atoms with Gasteiger partial charge >= 0.3 is 0 Å². The molecule has 0 saturated carbocycles. The third-order valence-electron chi connectivity index (χ3n) is 1.20. The lowest BCUT2D eigenvalue weighted by atomic mass is 10.3. The molecule has 1 rings (SSSR count). The summed E-state index contributed by atoms with van der Waals surface area (Å²) >= 11 is 13.1. The van der Waals surface area contributed by atoms with Crippen LogP contribution in [0.15, 0.2) is 24.3 Å². The number of nitrogens with zero attached hydrogens (tertiary/aromatic N) is 1. The Bertz CT molecular complexity index is 242. The van der Waals surface area contributed by atoms with E-state index in [0.29, 0.717) is 5.02 Å². The summed E-state index contributed by atoms with van der Waals surface area (Å²) in [5, 5.41) is 0.664. The van der Waals surface area contributed by atoms with Crippen molar-refractivity contribution in [2.75, 3.05) is 10.1 Å². The highest BCUT2D eigenvalue weighted by atomic mass is 35.5. The van der Waals surface area contributed by atoms with Gasteiger partial charge in [0.2, 0.25) is 0 Å². The van der Waals surface area contributed by atoms with E-state index in [1.807, 2.05) is 30.5 Å². The van der Waals surface area contributed by atoms with Crippen molar-refractivity contribution >= 4 is 41.0 Å². The van der Waals surface area contributed by atoms with Crippen molar-refractivity contribution in [3.8, 4) is 0 Å². The van der Waals surface area contributed by atoms with E-state index in [0.717, 1.165) is 5.69 Å². The molecule has 0 N–H and O–H groups in total. The highest BCUT2D eigenvalue weighted by molar-refractivity contribution is 8.01. The van der Waals surface area contributed by atoms with Crippen LogP contribution in [-0.2, 0) is 0 Å². The lowest BCUT2D eigenvalue weighted by molar-refractivity contribution is 1.59. The lowest BCUT2D eigenvalue weighted by Crippen LogP contribution is -1.96. The molecule has 1 aromatic carbocycles. The minimum Gasteiger partial charge on any atom is -0.226 e. The topological polar surface area (TPSA) is 3.24 Å². The molecule has 11 heavy (non-hydrogen) atoms. The van der Waals surface area contributed by atoms with Crippen LogP contribution < -0.4 is 3.82 Å². The molecule has 1 nitrogen and oxygen atoms in total. The van der Waals surface area contributed by atoms with E-state index in [2.05, 4.69) is 0 Å². The van der Waals surface area contributed by atoms with Gasteiger partial charge in [0.25, 0.3) is 0 Å². The molecule has 0 radical (unpaired) electrons. The Morgan fingerprint density at radius 3 is 2.55 bits per heavy atom. The summed E-state index contributed by atoms with van der Waals surface area (Å²) in [6.07, 6.45) is 1.89. The predicted octanol–water partition coefficient (Wildman–Crippen LogP) is 3.58. The Hall–Kier alpha value is -0.0500. The number of anilines is 1. The van der Waals surface area contributed by atoms with E-state index in [4.69, 9.17) is 23.4 Å². The summed E-state index contributed by atoms with van der Waals surface area (Å²) in [5.41, 5.74) is 0.823. The summed E-state index contributed by atoms with van der Waals surface area (Å²) in [6.45, 7) is 0. The van der Waals surface area contributed by atoms with E-state index in [9.17, 15) is 0 Å². The van der Waals surface area contributed by atoms with E-state index in [1.54, 1.807) is 0 Å². The van der Waals surface area contributed by atoms with E-state index < -0.39 is 0 Å². The van der Waals surface area contributed by atoms with Crippen molar-refractivity contribution in [3.05, 3.63) is 29.3 Å². The molecule has 0 amide bonds. The van der Waals surface area contributed by atoms with Gasteiger partial charge in [0, 0.05) is 18.0 Å². The van der Waals surface area contributed by atoms with Gasteiger partial charge in [-0.3, -0.25) is 0 Å². The Morgan fingerprint density at radius 1 is 1.36 bits per heavy atom. The van der Waals surface area contributed by atoms with Crippen LogP contribution in [0.25, 0.3) is 0 Å². The highest BCUT2D eigenvalue weighted by Crippen LogP contribution is 2.30. The Labute approximate surface area is 80.5 Å². The molecule has 0 saturated heterocycles. The second-order valence-corrected chi connectivity index (χ2v) is 3.55.